The summed E-state index contributed by atoms with van der Waals surface area (Å²) in [5, 5.41) is 3.60. The van der Waals surface area contributed by atoms with E-state index in [2.05, 4.69) is 12.2 Å². The summed E-state index contributed by atoms with van der Waals surface area (Å²) >= 11 is 6.21. The van der Waals surface area contributed by atoms with Gasteiger partial charge in [0.2, 0.25) is 11.8 Å². The molecule has 1 N–H and O–H groups in total. The minimum Gasteiger partial charge on any atom is -0.354 e. The van der Waals surface area contributed by atoms with E-state index in [4.69, 9.17) is 11.6 Å². The molecule has 150 valence electrons. The van der Waals surface area contributed by atoms with Gasteiger partial charge in [0.25, 0.3) is 0 Å². The molecule has 0 bridgehead atoms. The normalized spacial score (nSPS) is 11.7. The number of rotatable bonds is 10. The molecule has 0 fully saturated rings. The van der Waals surface area contributed by atoms with Crippen LogP contribution in [0.5, 0.6) is 0 Å². The van der Waals surface area contributed by atoms with Crippen molar-refractivity contribution in [1.82, 2.24) is 10.2 Å². The molecule has 2 aromatic carbocycles. The number of nitrogens with zero attached hydrogens (tertiary/aromatic N) is 1. The highest BCUT2D eigenvalue weighted by atomic mass is 35.5. The van der Waals surface area contributed by atoms with Crippen LogP contribution in [0, 0.1) is 0 Å². The molecule has 2 aromatic rings. The third kappa shape index (κ3) is 6.68. The van der Waals surface area contributed by atoms with Crippen LogP contribution in [0.25, 0.3) is 0 Å². The fourth-order valence-electron chi connectivity index (χ4n) is 2.99. The van der Waals surface area contributed by atoms with Crippen LogP contribution >= 0.6 is 11.6 Å². The van der Waals surface area contributed by atoms with Gasteiger partial charge in [0.05, 0.1) is 0 Å². The molecular formula is C23H29ClN2O2. The van der Waals surface area contributed by atoms with Crippen molar-refractivity contribution in [2.45, 2.75) is 52.1 Å². The van der Waals surface area contributed by atoms with Gasteiger partial charge in [-0.05, 0) is 37.0 Å². The lowest BCUT2D eigenvalue weighted by molar-refractivity contribution is -0.140. The Hall–Kier alpha value is -2.33. The van der Waals surface area contributed by atoms with Crippen molar-refractivity contribution in [1.29, 1.82) is 0 Å². The molecule has 0 saturated heterocycles. The predicted octanol–water partition coefficient (Wildman–Crippen LogP) is 4.61. The van der Waals surface area contributed by atoms with Crippen LogP contribution in [-0.4, -0.2) is 29.3 Å². The average molecular weight is 401 g/mol. The SMILES string of the molecule is CCCCNC(=O)C(C)N(Cc1ccccc1)C(=O)CCc1ccccc1Cl. The summed E-state index contributed by atoms with van der Waals surface area (Å²) in [5.74, 6) is -0.169. The van der Waals surface area contributed by atoms with Crippen molar-refractivity contribution in [3.63, 3.8) is 0 Å². The second kappa shape index (κ2) is 11.5. The lowest BCUT2D eigenvalue weighted by Gasteiger charge is -2.29. The third-order valence-electron chi connectivity index (χ3n) is 4.76. The third-order valence-corrected chi connectivity index (χ3v) is 5.13. The summed E-state index contributed by atoms with van der Waals surface area (Å²) in [6.45, 7) is 4.91. The van der Waals surface area contributed by atoms with Gasteiger partial charge in [-0.15, -0.1) is 0 Å². The summed E-state index contributed by atoms with van der Waals surface area (Å²) < 4.78 is 0. The standard InChI is InChI=1S/C23H29ClN2O2/c1-3-4-16-25-23(28)18(2)26(17-19-10-6-5-7-11-19)22(27)15-14-20-12-8-9-13-21(20)24/h5-13,18H,3-4,14-17H2,1-2H3,(H,25,28). The van der Waals surface area contributed by atoms with Crippen LogP contribution in [-0.2, 0) is 22.6 Å². The van der Waals surface area contributed by atoms with E-state index in [9.17, 15) is 9.59 Å². The summed E-state index contributed by atoms with van der Waals surface area (Å²) in [5.41, 5.74) is 1.94. The van der Waals surface area contributed by atoms with E-state index in [0.717, 1.165) is 24.0 Å². The fourth-order valence-corrected chi connectivity index (χ4v) is 3.22. The molecule has 0 heterocycles. The molecule has 0 saturated carbocycles. The summed E-state index contributed by atoms with van der Waals surface area (Å²) in [6, 6.07) is 16.8. The van der Waals surface area contributed by atoms with Crippen molar-refractivity contribution >= 4 is 23.4 Å². The zero-order chi connectivity index (χ0) is 20.4. The number of amides is 2. The number of nitrogens with one attached hydrogen (secondary N) is 1. The molecule has 0 spiro atoms. The van der Waals surface area contributed by atoms with E-state index >= 15 is 0 Å². The van der Waals surface area contributed by atoms with Gasteiger partial charge >= 0.3 is 0 Å². The Morgan fingerprint density at radius 1 is 1.07 bits per heavy atom. The van der Waals surface area contributed by atoms with Crippen molar-refractivity contribution < 1.29 is 9.59 Å². The molecule has 0 aromatic heterocycles. The van der Waals surface area contributed by atoms with E-state index in [1.54, 1.807) is 11.8 Å². The maximum Gasteiger partial charge on any atom is 0.242 e. The van der Waals surface area contributed by atoms with Crippen molar-refractivity contribution in [2.75, 3.05) is 6.54 Å². The Kier molecular flexibility index (Phi) is 9.02. The number of halogens is 1. The van der Waals surface area contributed by atoms with E-state index in [1.165, 1.54) is 0 Å². The lowest BCUT2D eigenvalue weighted by atomic mass is 10.1. The Labute approximate surface area is 172 Å². The summed E-state index contributed by atoms with van der Waals surface area (Å²) in [4.78, 5) is 27.2. The molecule has 4 nitrogen and oxygen atoms in total. The monoisotopic (exact) mass is 400 g/mol. The van der Waals surface area contributed by atoms with E-state index in [1.807, 2.05) is 54.6 Å². The first-order chi connectivity index (χ1) is 13.5. The molecule has 28 heavy (non-hydrogen) atoms. The van der Waals surface area contributed by atoms with Gasteiger partial charge in [-0.2, -0.15) is 0 Å². The van der Waals surface area contributed by atoms with Crippen LogP contribution < -0.4 is 5.32 Å². The first-order valence-corrected chi connectivity index (χ1v) is 10.2. The minimum atomic E-state index is -0.532. The molecule has 5 heteroatoms. The van der Waals surface area contributed by atoms with Gasteiger partial charge in [-0.25, -0.2) is 0 Å². The van der Waals surface area contributed by atoms with Crippen LogP contribution in [0.2, 0.25) is 5.02 Å². The van der Waals surface area contributed by atoms with Crippen molar-refractivity contribution in [2.24, 2.45) is 0 Å². The molecule has 2 rings (SSSR count). The largest absolute Gasteiger partial charge is 0.354 e. The van der Waals surface area contributed by atoms with Gasteiger partial charge in [0.15, 0.2) is 0 Å². The lowest BCUT2D eigenvalue weighted by Crippen LogP contribution is -2.47. The quantitative estimate of drug-likeness (QED) is 0.592. The molecule has 2 amide bonds. The predicted molar refractivity (Wildman–Crippen MR) is 114 cm³/mol. The molecule has 0 aliphatic heterocycles. The Balaban J connectivity index is 2.08. The molecule has 1 atom stereocenters. The van der Waals surface area contributed by atoms with Crippen molar-refractivity contribution in [3.8, 4) is 0 Å². The number of aryl methyl sites for hydroxylation is 1. The first-order valence-electron chi connectivity index (χ1n) is 9.87. The van der Waals surface area contributed by atoms with Gasteiger partial charge in [-0.3, -0.25) is 9.59 Å². The maximum absolute atomic E-state index is 13.0. The van der Waals surface area contributed by atoms with E-state index in [-0.39, 0.29) is 11.8 Å². The maximum atomic E-state index is 13.0. The number of carbonyl (C=O) groups excluding carboxylic acids is 2. The van der Waals surface area contributed by atoms with Crippen LogP contribution in [0.4, 0.5) is 0 Å². The van der Waals surface area contributed by atoms with Crippen LogP contribution in [0.1, 0.15) is 44.2 Å². The second-order valence-corrected chi connectivity index (χ2v) is 7.33. The van der Waals surface area contributed by atoms with E-state index < -0.39 is 6.04 Å². The van der Waals surface area contributed by atoms with Crippen LogP contribution in [0.3, 0.4) is 0 Å². The molecule has 0 aliphatic rings. The van der Waals surface area contributed by atoms with Crippen LogP contribution in [0.15, 0.2) is 54.6 Å². The second-order valence-electron chi connectivity index (χ2n) is 6.92. The summed E-state index contributed by atoms with van der Waals surface area (Å²) in [6.07, 6.45) is 2.80. The zero-order valence-corrected chi connectivity index (χ0v) is 17.4. The van der Waals surface area contributed by atoms with E-state index in [0.29, 0.717) is 31.0 Å². The highest BCUT2D eigenvalue weighted by Gasteiger charge is 2.25. The molecule has 0 aliphatic carbocycles. The molecule has 0 radical (unpaired) electrons. The number of carbonyl (C=O) groups is 2. The van der Waals surface area contributed by atoms with Gasteiger partial charge in [-0.1, -0.05) is 73.5 Å². The smallest absolute Gasteiger partial charge is 0.242 e. The number of hydrogen-bond donors (Lipinski definition) is 1. The van der Waals surface area contributed by atoms with Gasteiger partial charge in [0.1, 0.15) is 6.04 Å². The van der Waals surface area contributed by atoms with Gasteiger partial charge in [0, 0.05) is 24.5 Å². The van der Waals surface area contributed by atoms with Gasteiger partial charge < -0.3 is 10.2 Å². The molecular weight excluding hydrogens is 372 g/mol. The number of benzene rings is 2. The fraction of sp³-hybridized carbons (Fsp3) is 0.391. The first kappa shape index (κ1) is 22.0. The minimum absolute atomic E-state index is 0.0538. The Morgan fingerprint density at radius 2 is 1.75 bits per heavy atom. The number of hydrogen-bond acceptors (Lipinski definition) is 2. The highest BCUT2D eigenvalue weighted by molar-refractivity contribution is 6.31. The topological polar surface area (TPSA) is 49.4 Å². The Bertz CT molecular complexity index is 764. The molecule has 1 unspecified atom stereocenters. The van der Waals surface area contributed by atoms with Crippen molar-refractivity contribution in [3.05, 3.63) is 70.7 Å². The summed E-state index contributed by atoms with van der Waals surface area (Å²) in [7, 11) is 0. The zero-order valence-electron chi connectivity index (χ0n) is 16.7. The number of unbranched alkanes of at least 4 members (excludes halogenated alkanes) is 1. The Morgan fingerprint density at radius 3 is 2.43 bits per heavy atom. The highest BCUT2D eigenvalue weighted by Crippen LogP contribution is 2.18. The average Bonchev–Trinajstić information content (AvgIpc) is 2.71.